The van der Waals surface area contributed by atoms with E-state index >= 15 is 0 Å². The number of carbonyl (C=O) groups excluding carboxylic acids is 1. The fourth-order valence-corrected chi connectivity index (χ4v) is 5.68. The molecule has 0 fully saturated rings. The number of nitrogens with one attached hydrogen (secondary N) is 2. The van der Waals surface area contributed by atoms with Crippen LogP contribution in [0.15, 0.2) is 48.7 Å². The summed E-state index contributed by atoms with van der Waals surface area (Å²) < 4.78 is 55.5. The highest BCUT2D eigenvalue weighted by Gasteiger charge is 2.41. The molecule has 6 nitrogen and oxygen atoms in total. The number of aromatic nitrogens is 1. The molecular formula is C27H15Cl2F4N5O. The van der Waals surface area contributed by atoms with Crippen LogP contribution in [0.5, 0.6) is 0 Å². The van der Waals surface area contributed by atoms with Crippen molar-refractivity contribution in [3.8, 4) is 6.07 Å². The van der Waals surface area contributed by atoms with Crippen LogP contribution >= 0.6 is 23.2 Å². The number of carbonyl (C=O) groups is 1. The lowest BCUT2D eigenvalue weighted by Crippen LogP contribution is -2.46. The van der Waals surface area contributed by atoms with Crippen LogP contribution in [0, 0.1) is 17.1 Å². The molecule has 0 bridgehead atoms. The van der Waals surface area contributed by atoms with Gasteiger partial charge in [0.15, 0.2) is 0 Å². The summed E-state index contributed by atoms with van der Waals surface area (Å²) in [6, 6.07) is 9.81. The number of pyridine rings is 1. The summed E-state index contributed by atoms with van der Waals surface area (Å²) in [5, 5.41) is 16.2. The topological polar surface area (TPSA) is 81.1 Å². The number of urea groups is 1. The second kappa shape index (κ2) is 9.00. The lowest BCUT2D eigenvalue weighted by atomic mass is 9.89. The lowest BCUT2D eigenvalue weighted by molar-refractivity contribution is -0.136. The van der Waals surface area contributed by atoms with Gasteiger partial charge in [0.1, 0.15) is 11.6 Å². The van der Waals surface area contributed by atoms with E-state index in [4.69, 9.17) is 23.2 Å². The van der Waals surface area contributed by atoms with Crippen LogP contribution in [0.3, 0.4) is 0 Å². The molecule has 2 amide bonds. The first-order valence-corrected chi connectivity index (χ1v) is 12.4. The van der Waals surface area contributed by atoms with Crippen molar-refractivity contribution < 1.29 is 22.4 Å². The molecule has 4 aromatic rings. The Morgan fingerprint density at radius 2 is 1.92 bits per heavy atom. The van der Waals surface area contributed by atoms with Gasteiger partial charge in [0, 0.05) is 39.4 Å². The van der Waals surface area contributed by atoms with Gasteiger partial charge in [-0.1, -0.05) is 23.2 Å². The van der Waals surface area contributed by atoms with Crippen molar-refractivity contribution in [1.82, 2.24) is 10.3 Å². The molecule has 0 unspecified atom stereocenters. The van der Waals surface area contributed by atoms with E-state index in [0.29, 0.717) is 51.5 Å². The molecule has 0 saturated carbocycles. The molecule has 39 heavy (non-hydrogen) atoms. The van der Waals surface area contributed by atoms with Gasteiger partial charge in [-0.25, -0.2) is 14.2 Å². The molecule has 2 aliphatic rings. The minimum Gasteiger partial charge on any atom is -0.339 e. The molecule has 0 saturated heterocycles. The van der Waals surface area contributed by atoms with Gasteiger partial charge in [0.05, 0.1) is 28.9 Å². The van der Waals surface area contributed by atoms with Gasteiger partial charge < -0.3 is 10.6 Å². The van der Waals surface area contributed by atoms with Crippen molar-refractivity contribution >= 4 is 57.2 Å². The highest BCUT2D eigenvalue weighted by Crippen LogP contribution is 2.49. The number of alkyl halides is 3. The van der Waals surface area contributed by atoms with E-state index in [2.05, 4.69) is 21.7 Å². The molecule has 1 aromatic heterocycles. The second-order valence-corrected chi connectivity index (χ2v) is 9.95. The molecule has 3 aromatic carbocycles. The fraction of sp³-hybridized carbons (Fsp3) is 0.148. The van der Waals surface area contributed by atoms with Gasteiger partial charge in [0.2, 0.25) is 0 Å². The first kappa shape index (κ1) is 25.2. The number of rotatable bonds is 3. The van der Waals surface area contributed by atoms with Crippen molar-refractivity contribution in [2.45, 2.75) is 18.6 Å². The Kier molecular flexibility index (Phi) is 5.82. The maximum absolute atomic E-state index is 14.4. The van der Waals surface area contributed by atoms with Crippen molar-refractivity contribution in [2.75, 3.05) is 16.8 Å². The first-order chi connectivity index (χ1) is 18.6. The van der Waals surface area contributed by atoms with E-state index in [1.807, 2.05) is 0 Å². The Balaban J connectivity index is 1.61. The zero-order valence-corrected chi connectivity index (χ0v) is 21.1. The Labute approximate surface area is 228 Å². The largest absolute Gasteiger partial charge is 0.417 e. The summed E-state index contributed by atoms with van der Waals surface area (Å²) in [6.07, 6.45) is -3.19. The van der Waals surface area contributed by atoms with E-state index in [1.54, 1.807) is 24.3 Å². The predicted octanol–water partition coefficient (Wildman–Crippen LogP) is 7.49. The van der Waals surface area contributed by atoms with Gasteiger partial charge in [0.25, 0.3) is 0 Å². The Morgan fingerprint density at radius 3 is 2.67 bits per heavy atom. The summed E-state index contributed by atoms with van der Waals surface area (Å²) in [5.41, 5.74) is 1.60. The number of halogens is 6. The summed E-state index contributed by atoms with van der Waals surface area (Å²) in [6.45, 7) is 0.328. The average Bonchev–Trinajstić information content (AvgIpc) is 3.34. The number of fused-ring (bicyclic) bond motifs is 1. The van der Waals surface area contributed by atoms with Crippen molar-refractivity contribution in [1.29, 1.82) is 5.26 Å². The van der Waals surface area contributed by atoms with E-state index in [-0.39, 0.29) is 27.8 Å². The van der Waals surface area contributed by atoms with E-state index in [0.717, 1.165) is 12.1 Å². The van der Waals surface area contributed by atoms with E-state index in [1.165, 1.54) is 11.1 Å². The highest BCUT2D eigenvalue weighted by atomic mass is 35.5. The molecule has 0 aliphatic carbocycles. The van der Waals surface area contributed by atoms with Crippen molar-refractivity contribution in [2.24, 2.45) is 0 Å². The minimum atomic E-state index is -4.80. The first-order valence-electron chi connectivity index (χ1n) is 11.6. The minimum absolute atomic E-state index is 0.0602. The number of hydrogen-bond donors (Lipinski definition) is 2. The Morgan fingerprint density at radius 1 is 1.13 bits per heavy atom. The quantitative estimate of drug-likeness (QED) is 0.250. The number of nitrogens with zero attached hydrogens (tertiary/aromatic N) is 3. The van der Waals surface area contributed by atoms with E-state index in [9.17, 15) is 27.6 Å². The maximum Gasteiger partial charge on any atom is 0.417 e. The van der Waals surface area contributed by atoms with Crippen molar-refractivity contribution in [3.63, 3.8) is 0 Å². The summed E-state index contributed by atoms with van der Waals surface area (Å²) >= 11 is 12.7. The van der Waals surface area contributed by atoms with Crippen LogP contribution in [0.2, 0.25) is 10.0 Å². The molecule has 12 heteroatoms. The number of anilines is 3. The third kappa shape index (κ3) is 4.09. The normalized spacial score (nSPS) is 16.2. The van der Waals surface area contributed by atoms with E-state index < -0.39 is 29.6 Å². The standard InChI is InChI=1S/C27H15Cl2F4N5O/c28-13-1-2-20(29)18(8-13)23-22-21(7-12(11-34)15-4-6-38(24(15)22)26(39)37-23)36-25-17-9-14(30)10-19(27(31,32)33)16(17)3-5-35-25/h1-3,5,7-10,23H,4,6H2,(H,35,36)(H,37,39)/t23-/m0/s1. The van der Waals surface area contributed by atoms with Crippen LogP contribution in [0.4, 0.5) is 39.5 Å². The Hall–Kier alpha value is -4.07. The SMILES string of the molecule is N#Cc1cc(Nc2nccc3c(C(F)(F)F)cc(F)cc23)c2c3c1CCN3C(=O)N[C@H]2c1cc(Cl)ccc1Cl. The summed E-state index contributed by atoms with van der Waals surface area (Å²) in [7, 11) is 0. The number of nitriles is 1. The summed E-state index contributed by atoms with van der Waals surface area (Å²) in [5.74, 6) is -1.14. The molecule has 1 atom stereocenters. The number of hydrogen-bond acceptors (Lipinski definition) is 4. The van der Waals surface area contributed by atoms with Crippen molar-refractivity contribution in [3.05, 3.63) is 92.3 Å². The predicted molar refractivity (Wildman–Crippen MR) is 139 cm³/mol. The zero-order chi connectivity index (χ0) is 27.6. The van der Waals surface area contributed by atoms with Crippen LogP contribution in [-0.4, -0.2) is 17.6 Å². The van der Waals surface area contributed by atoms with Crippen LogP contribution in [-0.2, 0) is 12.6 Å². The molecular weight excluding hydrogens is 557 g/mol. The molecule has 0 spiro atoms. The number of benzene rings is 3. The summed E-state index contributed by atoms with van der Waals surface area (Å²) in [4.78, 5) is 18.8. The smallest absolute Gasteiger partial charge is 0.339 e. The third-order valence-corrected chi connectivity index (χ3v) is 7.47. The second-order valence-electron chi connectivity index (χ2n) is 9.11. The molecule has 0 radical (unpaired) electrons. The molecule has 2 aliphatic heterocycles. The third-order valence-electron chi connectivity index (χ3n) is 6.89. The monoisotopic (exact) mass is 571 g/mol. The van der Waals surface area contributed by atoms with Gasteiger partial charge in [-0.3, -0.25) is 4.90 Å². The zero-order valence-electron chi connectivity index (χ0n) is 19.6. The molecule has 3 heterocycles. The van der Waals surface area contributed by atoms with Gasteiger partial charge >= 0.3 is 12.2 Å². The molecule has 6 rings (SSSR count). The van der Waals surface area contributed by atoms with Gasteiger partial charge in [-0.05, 0) is 65.4 Å². The van der Waals surface area contributed by atoms with Crippen LogP contribution in [0.25, 0.3) is 10.8 Å². The van der Waals surface area contributed by atoms with Crippen LogP contribution in [0.1, 0.15) is 33.9 Å². The highest BCUT2D eigenvalue weighted by molar-refractivity contribution is 6.33. The van der Waals surface area contributed by atoms with Gasteiger partial charge in [-0.15, -0.1) is 0 Å². The lowest BCUT2D eigenvalue weighted by Gasteiger charge is -2.35. The van der Waals surface area contributed by atoms with Gasteiger partial charge in [-0.2, -0.15) is 18.4 Å². The fourth-order valence-electron chi connectivity index (χ4n) is 5.28. The average molecular weight is 572 g/mol. The molecule has 2 N–H and O–H groups in total. The Bertz CT molecular complexity index is 1750. The van der Waals surface area contributed by atoms with Crippen LogP contribution < -0.4 is 15.5 Å². The molecule has 196 valence electrons. The maximum atomic E-state index is 14.4. The number of amides is 2.